The van der Waals surface area contributed by atoms with E-state index in [1.807, 2.05) is 19.0 Å². The predicted octanol–water partition coefficient (Wildman–Crippen LogP) is 1.22. The normalized spacial score (nSPS) is 11.9. The highest BCUT2D eigenvalue weighted by Gasteiger charge is 2.21. The number of carbonyl (C=O) groups is 1. The summed E-state index contributed by atoms with van der Waals surface area (Å²) in [6.07, 6.45) is 0.899. The molecule has 0 aliphatic carbocycles. The first kappa shape index (κ1) is 17.3. The monoisotopic (exact) mass is 343 g/mol. The number of phenolic OH excluding ortho intramolecular Hbond substituents is 1. The maximum Gasteiger partial charge on any atom is 0.528 e. The van der Waals surface area contributed by atoms with Crippen molar-refractivity contribution in [3.8, 4) is 5.75 Å². The molecule has 0 radical (unpaired) electrons. The van der Waals surface area contributed by atoms with E-state index in [9.17, 15) is 14.5 Å². The van der Waals surface area contributed by atoms with E-state index in [1.165, 1.54) is 10.7 Å². The van der Waals surface area contributed by atoms with E-state index in [2.05, 4.69) is 9.95 Å². The smallest absolute Gasteiger partial charge is 0.507 e. The van der Waals surface area contributed by atoms with Gasteiger partial charge in [0.1, 0.15) is 5.75 Å². The molecule has 2 aromatic rings. The minimum Gasteiger partial charge on any atom is -0.507 e. The summed E-state index contributed by atoms with van der Waals surface area (Å²) >= 11 is 0. The Kier molecular flexibility index (Phi) is 4.96. The third kappa shape index (κ3) is 4.46. The Morgan fingerprint density at radius 1 is 1.39 bits per heavy atom. The van der Waals surface area contributed by atoms with Gasteiger partial charge in [0.25, 0.3) is 0 Å². The molecule has 4 N–H and O–H groups in total. The second kappa shape index (κ2) is 6.59. The van der Waals surface area contributed by atoms with Crippen molar-refractivity contribution in [2.45, 2.75) is 6.42 Å². The fraction of sp³-hybridized carbons (Fsp3) is 0.308. The Morgan fingerprint density at radius 3 is 2.70 bits per heavy atom. The number of nitrogens with zero attached hydrogens (tertiary/aromatic N) is 2. The molecule has 10 heteroatoms. The fourth-order valence-electron chi connectivity index (χ4n) is 2.20. The second-order valence-electron chi connectivity index (χ2n) is 5.23. The predicted molar refractivity (Wildman–Crippen MR) is 83.7 cm³/mol. The van der Waals surface area contributed by atoms with Gasteiger partial charge in [0.15, 0.2) is 0 Å². The van der Waals surface area contributed by atoms with Crippen LogP contribution in [0.4, 0.5) is 4.79 Å². The van der Waals surface area contributed by atoms with Crippen molar-refractivity contribution in [1.82, 2.24) is 9.58 Å². The Balaban J connectivity index is 2.35. The van der Waals surface area contributed by atoms with Crippen LogP contribution in [0.15, 0.2) is 24.4 Å². The maximum atomic E-state index is 11.5. The topological polar surface area (TPSA) is 124 Å². The van der Waals surface area contributed by atoms with Crippen LogP contribution in [-0.2, 0) is 15.5 Å². The molecule has 0 spiro atoms. The number of amides is 1. The van der Waals surface area contributed by atoms with Crippen LogP contribution in [0.1, 0.15) is 5.56 Å². The lowest BCUT2D eigenvalue weighted by atomic mass is 10.1. The highest BCUT2D eigenvalue weighted by atomic mass is 31.2. The SMILES string of the molecule is CN(C)CCc1cn(NC(=O)OP(=O)(O)O)c2cccc(O)c12. The molecule has 0 unspecified atom stereocenters. The Bertz CT molecular complexity index is 766. The number of phenols is 1. The van der Waals surface area contributed by atoms with Crippen LogP contribution in [0.5, 0.6) is 5.75 Å². The van der Waals surface area contributed by atoms with Gasteiger partial charge in [-0.15, -0.1) is 0 Å². The maximum absolute atomic E-state index is 11.5. The van der Waals surface area contributed by atoms with Gasteiger partial charge in [-0.05, 0) is 38.2 Å². The summed E-state index contributed by atoms with van der Waals surface area (Å²) in [5.41, 5.74) is 3.48. The standard InChI is InChI=1S/C13H18N3O6P/c1-15(2)7-6-9-8-16(14-13(18)22-23(19,20)21)10-4-3-5-11(17)12(9)10/h3-5,8,17H,6-7H2,1-2H3,(H,14,18)(H2,19,20,21). The molecule has 1 amide bonds. The minimum absolute atomic E-state index is 0.0557. The van der Waals surface area contributed by atoms with E-state index in [1.54, 1.807) is 18.3 Å². The van der Waals surface area contributed by atoms with Gasteiger partial charge in [0.05, 0.1) is 5.52 Å². The number of fused-ring (bicyclic) bond motifs is 1. The highest BCUT2D eigenvalue weighted by molar-refractivity contribution is 7.46. The molecule has 9 nitrogen and oxygen atoms in total. The van der Waals surface area contributed by atoms with Crippen LogP contribution < -0.4 is 5.43 Å². The van der Waals surface area contributed by atoms with Crippen LogP contribution in [0.2, 0.25) is 0 Å². The first-order valence-corrected chi connectivity index (χ1v) is 8.23. The van der Waals surface area contributed by atoms with Crippen molar-refractivity contribution >= 4 is 24.8 Å². The second-order valence-corrected chi connectivity index (χ2v) is 6.39. The summed E-state index contributed by atoms with van der Waals surface area (Å²) in [5, 5.41) is 10.6. The Morgan fingerprint density at radius 2 is 2.09 bits per heavy atom. The molecule has 0 bridgehead atoms. The molecule has 0 aliphatic rings. The number of likely N-dealkylation sites (N-methyl/N-ethyl adjacent to an activating group) is 1. The summed E-state index contributed by atoms with van der Waals surface area (Å²) in [7, 11) is -1.11. The summed E-state index contributed by atoms with van der Waals surface area (Å²) < 4.78 is 15.9. The molecule has 1 aromatic carbocycles. The number of phosphoric acid groups is 1. The number of carbonyl (C=O) groups excluding carboxylic acids is 1. The zero-order valence-electron chi connectivity index (χ0n) is 12.6. The van der Waals surface area contributed by atoms with Gasteiger partial charge in [0.2, 0.25) is 0 Å². The molecule has 0 fully saturated rings. The molecule has 1 aromatic heterocycles. The third-order valence-electron chi connectivity index (χ3n) is 3.13. The van der Waals surface area contributed by atoms with Crippen LogP contribution in [0.25, 0.3) is 10.9 Å². The van der Waals surface area contributed by atoms with Gasteiger partial charge in [-0.1, -0.05) is 6.07 Å². The lowest BCUT2D eigenvalue weighted by molar-refractivity contribution is 0.186. The molecular weight excluding hydrogens is 325 g/mol. The van der Waals surface area contributed by atoms with Crippen molar-refractivity contribution in [2.24, 2.45) is 0 Å². The van der Waals surface area contributed by atoms with Crippen molar-refractivity contribution in [3.63, 3.8) is 0 Å². The largest absolute Gasteiger partial charge is 0.528 e. The Hall–Kier alpha value is -2.06. The van der Waals surface area contributed by atoms with E-state index >= 15 is 0 Å². The van der Waals surface area contributed by atoms with E-state index in [0.29, 0.717) is 17.3 Å². The molecule has 1 heterocycles. The lowest BCUT2D eigenvalue weighted by Crippen LogP contribution is -2.22. The molecule has 2 rings (SSSR count). The van der Waals surface area contributed by atoms with Gasteiger partial charge in [-0.2, -0.15) is 0 Å². The average molecular weight is 343 g/mol. The van der Waals surface area contributed by atoms with Crippen molar-refractivity contribution in [3.05, 3.63) is 30.0 Å². The number of rotatable bonds is 5. The molecule has 23 heavy (non-hydrogen) atoms. The van der Waals surface area contributed by atoms with Gasteiger partial charge in [0, 0.05) is 18.1 Å². The number of hydrogen-bond donors (Lipinski definition) is 4. The van der Waals surface area contributed by atoms with E-state index in [4.69, 9.17) is 9.79 Å². The van der Waals surface area contributed by atoms with E-state index in [-0.39, 0.29) is 5.75 Å². The molecule has 0 saturated carbocycles. The van der Waals surface area contributed by atoms with Gasteiger partial charge >= 0.3 is 13.9 Å². The molecular formula is C13H18N3O6P. The number of aromatic hydroxyl groups is 1. The highest BCUT2D eigenvalue weighted by Crippen LogP contribution is 2.36. The van der Waals surface area contributed by atoms with Gasteiger partial charge in [-0.3, -0.25) is 14.5 Å². The Labute approximate surface area is 132 Å². The van der Waals surface area contributed by atoms with Gasteiger partial charge in [-0.25, -0.2) is 14.8 Å². The number of nitrogens with one attached hydrogen (secondary N) is 1. The van der Waals surface area contributed by atoms with E-state index < -0.39 is 13.9 Å². The molecule has 0 atom stereocenters. The number of phosphoric ester groups is 1. The summed E-state index contributed by atoms with van der Waals surface area (Å²) in [5.74, 6) is 0.0557. The van der Waals surface area contributed by atoms with Crippen molar-refractivity contribution in [1.29, 1.82) is 0 Å². The summed E-state index contributed by atoms with van der Waals surface area (Å²) in [4.78, 5) is 30.8. The van der Waals surface area contributed by atoms with Crippen LogP contribution in [0, 0.1) is 0 Å². The number of aromatic nitrogens is 1. The van der Waals surface area contributed by atoms with E-state index in [0.717, 1.165) is 12.1 Å². The van der Waals surface area contributed by atoms with Crippen molar-refractivity contribution < 1.29 is 28.8 Å². The molecule has 126 valence electrons. The summed E-state index contributed by atoms with van der Waals surface area (Å²) in [6.45, 7) is 0.723. The van der Waals surface area contributed by atoms with Crippen LogP contribution >= 0.6 is 7.82 Å². The molecule has 0 saturated heterocycles. The fourth-order valence-corrected chi connectivity index (χ4v) is 2.46. The number of hydrogen-bond acceptors (Lipinski definition) is 5. The van der Waals surface area contributed by atoms with Gasteiger partial charge < -0.3 is 14.5 Å². The zero-order valence-corrected chi connectivity index (χ0v) is 13.5. The van der Waals surface area contributed by atoms with Crippen LogP contribution in [-0.4, -0.2) is 51.2 Å². The average Bonchev–Trinajstić information content (AvgIpc) is 2.74. The zero-order chi connectivity index (χ0) is 17.2. The minimum atomic E-state index is -4.93. The van der Waals surface area contributed by atoms with Crippen LogP contribution in [0.3, 0.4) is 0 Å². The first-order valence-electron chi connectivity index (χ1n) is 6.70. The third-order valence-corrected chi connectivity index (χ3v) is 3.53. The summed E-state index contributed by atoms with van der Waals surface area (Å²) in [6, 6.07) is 4.78. The van der Waals surface area contributed by atoms with Crippen molar-refractivity contribution in [2.75, 3.05) is 26.1 Å². The molecule has 0 aliphatic heterocycles. The first-order chi connectivity index (χ1) is 10.7. The quantitative estimate of drug-likeness (QED) is 0.602. The lowest BCUT2D eigenvalue weighted by Gasteiger charge is -2.09. The number of benzene rings is 1.